The first kappa shape index (κ1) is 24.3. The molecular formula is C17H30F3N3O5S. The molecule has 29 heavy (non-hydrogen) atoms. The van der Waals surface area contributed by atoms with Gasteiger partial charge in [0, 0.05) is 65.3 Å². The summed E-state index contributed by atoms with van der Waals surface area (Å²) in [6, 6.07) is 0. The van der Waals surface area contributed by atoms with Gasteiger partial charge in [0.1, 0.15) is 0 Å². The van der Waals surface area contributed by atoms with Gasteiger partial charge in [-0.05, 0) is 25.2 Å². The normalized spacial score (nSPS) is 28.7. The zero-order valence-corrected chi connectivity index (χ0v) is 17.8. The third-order valence-corrected chi connectivity index (χ3v) is 7.73. The number of ether oxygens (including phenoxy) is 1. The second kappa shape index (κ2) is 9.04. The number of methoxy groups -OCH3 is 1. The molecule has 2 aliphatic heterocycles. The lowest BCUT2D eigenvalue weighted by Crippen LogP contribution is -2.42. The van der Waals surface area contributed by atoms with Gasteiger partial charge >= 0.3 is 12.1 Å². The highest BCUT2D eigenvalue weighted by Crippen LogP contribution is 2.46. The molecule has 0 radical (unpaired) electrons. The summed E-state index contributed by atoms with van der Waals surface area (Å²) in [6.45, 7) is 5.28. The van der Waals surface area contributed by atoms with E-state index in [4.69, 9.17) is 14.6 Å². The molecule has 0 aromatic carbocycles. The minimum absolute atomic E-state index is 0.0774. The minimum atomic E-state index is -5.08. The van der Waals surface area contributed by atoms with E-state index in [-0.39, 0.29) is 5.41 Å². The lowest BCUT2D eigenvalue weighted by Gasteiger charge is -2.30. The van der Waals surface area contributed by atoms with Crippen LogP contribution in [0.4, 0.5) is 13.2 Å². The molecule has 2 heterocycles. The smallest absolute Gasteiger partial charge is 0.475 e. The van der Waals surface area contributed by atoms with Crippen LogP contribution in [-0.2, 0) is 19.7 Å². The third kappa shape index (κ3) is 6.03. The first-order chi connectivity index (χ1) is 13.3. The van der Waals surface area contributed by atoms with Gasteiger partial charge in [-0.1, -0.05) is 0 Å². The maximum Gasteiger partial charge on any atom is 0.490 e. The summed E-state index contributed by atoms with van der Waals surface area (Å²) >= 11 is 0. The predicted molar refractivity (Wildman–Crippen MR) is 99.5 cm³/mol. The van der Waals surface area contributed by atoms with Crippen molar-refractivity contribution in [1.29, 1.82) is 0 Å². The Hall–Kier alpha value is -0.950. The lowest BCUT2D eigenvalue weighted by molar-refractivity contribution is -0.192. The fraction of sp³-hybridized carbons (Fsp3) is 0.941. The molecule has 3 fully saturated rings. The molecule has 3 rings (SSSR count). The molecular weight excluding hydrogens is 415 g/mol. The fourth-order valence-corrected chi connectivity index (χ4v) is 5.33. The summed E-state index contributed by atoms with van der Waals surface area (Å²) in [4.78, 5) is 11.4. The summed E-state index contributed by atoms with van der Waals surface area (Å²) < 4.78 is 65.0. The Bertz CT molecular complexity index is 684. The predicted octanol–water partition coefficient (Wildman–Crippen LogP) is 1.11. The zero-order chi connectivity index (χ0) is 22.0. The van der Waals surface area contributed by atoms with Crippen molar-refractivity contribution in [1.82, 2.24) is 13.5 Å². The van der Waals surface area contributed by atoms with E-state index in [1.807, 2.05) is 0 Å². The number of hydrogen-bond donors (Lipinski definition) is 1. The van der Waals surface area contributed by atoms with E-state index in [2.05, 4.69) is 4.90 Å². The van der Waals surface area contributed by atoms with Crippen LogP contribution in [0.5, 0.6) is 0 Å². The van der Waals surface area contributed by atoms with Crippen LogP contribution in [0.1, 0.15) is 19.3 Å². The molecule has 3 aliphatic rings. The molecule has 170 valence electrons. The molecule has 1 N–H and O–H groups in total. The molecule has 0 unspecified atom stereocenters. The SMILES string of the molecule is COC[C@@H]1CN(CC2CC2)C[C@@]12CCN(S(=O)(=O)N(C)C)C2.O=C(O)C(F)(F)F. The van der Waals surface area contributed by atoms with Crippen molar-refractivity contribution < 1.29 is 36.2 Å². The topological polar surface area (TPSA) is 90.4 Å². The van der Waals surface area contributed by atoms with Crippen LogP contribution in [0.15, 0.2) is 0 Å². The Balaban J connectivity index is 0.000000370. The minimum Gasteiger partial charge on any atom is -0.475 e. The Morgan fingerprint density at radius 3 is 2.31 bits per heavy atom. The van der Waals surface area contributed by atoms with E-state index in [0.29, 0.717) is 19.0 Å². The first-order valence-corrected chi connectivity index (χ1v) is 10.9. The van der Waals surface area contributed by atoms with Gasteiger partial charge in [-0.3, -0.25) is 0 Å². The Morgan fingerprint density at radius 1 is 1.28 bits per heavy atom. The maximum atomic E-state index is 12.4. The van der Waals surface area contributed by atoms with E-state index in [9.17, 15) is 21.6 Å². The molecule has 1 aliphatic carbocycles. The van der Waals surface area contributed by atoms with Crippen LogP contribution in [0, 0.1) is 17.3 Å². The van der Waals surface area contributed by atoms with Crippen molar-refractivity contribution in [3.8, 4) is 0 Å². The number of hydrogen-bond acceptors (Lipinski definition) is 5. The molecule has 2 saturated heterocycles. The fourth-order valence-electron chi connectivity index (χ4n) is 4.13. The number of likely N-dealkylation sites (tertiary alicyclic amines) is 1. The standard InChI is InChI=1S/C15H29N3O3S.C2HF3O2/c1-16(2)22(19,20)18-7-6-15(12-18)11-17(8-13-4-5-13)9-14(15)10-21-3;3-2(4,5)1(6)7/h13-14H,4-12H2,1-3H3;(H,6,7)/t14-,15+;/m0./s1. The monoisotopic (exact) mass is 445 g/mol. The number of nitrogens with zero attached hydrogens (tertiary/aromatic N) is 3. The van der Waals surface area contributed by atoms with E-state index >= 15 is 0 Å². The van der Waals surface area contributed by atoms with Gasteiger partial charge in [-0.15, -0.1) is 0 Å². The summed E-state index contributed by atoms with van der Waals surface area (Å²) in [5.41, 5.74) is 0.0774. The van der Waals surface area contributed by atoms with Crippen molar-refractivity contribution in [2.45, 2.75) is 25.4 Å². The van der Waals surface area contributed by atoms with Crippen molar-refractivity contribution in [2.24, 2.45) is 17.3 Å². The number of aliphatic carboxylic acids is 1. The van der Waals surface area contributed by atoms with Crippen molar-refractivity contribution in [3.63, 3.8) is 0 Å². The molecule has 0 bridgehead atoms. The lowest BCUT2D eigenvalue weighted by atomic mass is 9.78. The highest BCUT2D eigenvalue weighted by Gasteiger charge is 2.53. The molecule has 0 aromatic heterocycles. The van der Waals surface area contributed by atoms with E-state index in [0.717, 1.165) is 32.0 Å². The summed E-state index contributed by atoms with van der Waals surface area (Å²) in [7, 11) is 1.68. The van der Waals surface area contributed by atoms with Gasteiger partial charge in [-0.25, -0.2) is 4.79 Å². The van der Waals surface area contributed by atoms with Crippen LogP contribution in [-0.4, -0.2) is 99.7 Å². The van der Waals surface area contributed by atoms with E-state index in [1.54, 1.807) is 25.5 Å². The van der Waals surface area contributed by atoms with Crippen LogP contribution in [0.2, 0.25) is 0 Å². The second-order valence-electron chi connectivity index (χ2n) is 8.33. The summed E-state index contributed by atoms with van der Waals surface area (Å²) in [6.07, 6.45) is -1.41. The number of carboxylic acid groups (broad SMARTS) is 1. The quantitative estimate of drug-likeness (QED) is 0.659. The van der Waals surface area contributed by atoms with Crippen molar-refractivity contribution in [3.05, 3.63) is 0 Å². The van der Waals surface area contributed by atoms with Gasteiger partial charge in [0.05, 0.1) is 6.61 Å². The van der Waals surface area contributed by atoms with Gasteiger partial charge in [-0.2, -0.15) is 30.2 Å². The average molecular weight is 446 g/mol. The molecule has 8 nitrogen and oxygen atoms in total. The van der Waals surface area contributed by atoms with Crippen molar-refractivity contribution >= 4 is 16.2 Å². The highest BCUT2D eigenvalue weighted by atomic mass is 32.2. The van der Waals surface area contributed by atoms with Gasteiger partial charge in [0.25, 0.3) is 10.2 Å². The second-order valence-corrected chi connectivity index (χ2v) is 10.5. The number of rotatable bonds is 6. The van der Waals surface area contributed by atoms with Crippen LogP contribution in [0.25, 0.3) is 0 Å². The maximum absolute atomic E-state index is 12.4. The third-order valence-electron chi connectivity index (χ3n) is 5.84. The van der Waals surface area contributed by atoms with Gasteiger partial charge in [0.15, 0.2) is 0 Å². The zero-order valence-electron chi connectivity index (χ0n) is 17.0. The highest BCUT2D eigenvalue weighted by molar-refractivity contribution is 7.86. The Morgan fingerprint density at radius 2 is 1.86 bits per heavy atom. The molecule has 12 heteroatoms. The molecule has 1 spiro atoms. The first-order valence-electron chi connectivity index (χ1n) is 9.51. The molecule has 2 atom stereocenters. The molecule has 1 saturated carbocycles. The number of carbonyl (C=O) groups is 1. The molecule has 0 aromatic rings. The Kier molecular flexibility index (Phi) is 7.59. The van der Waals surface area contributed by atoms with Gasteiger partial charge < -0.3 is 14.7 Å². The summed E-state index contributed by atoms with van der Waals surface area (Å²) in [5, 5.41) is 7.12. The number of carboxylic acids is 1. The van der Waals surface area contributed by atoms with Crippen LogP contribution >= 0.6 is 0 Å². The van der Waals surface area contributed by atoms with Crippen LogP contribution in [0.3, 0.4) is 0 Å². The molecule has 0 amide bonds. The largest absolute Gasteiger partial charge is 0.490 e. The summed E-state index contributed by atoms with van der Waals surface area (Å²) in [5.74, 6) is -1.44. The number of halogens is 3. The van der Waals surface area contributed by atoms with Crippen molar-refractivity contribution in [2.75, 3.05) is 60.5 Å². The van der Waals surface area contributed by atoms with Gasteiger partial charge in [0.2, 0.25) is 0 Å². The van der Waals surface area contributed by atoms with E-state index in [1.165, 1.54) is 23.7 Å². The average Bonchev–Trinajstić information content (AvgIpc) is 3.20. The number of alkyl halides is 3. The van der Waals surface area contributed by atoms with Crippen LogP contribution < -0.4 is 0 Å². The Labute approximate surface area is 169 Å². The van der Waals surface area contributed by atoms with E-state index < -0.39 is 22.4 Å².